The van der Waals surface area contributed by atoms with E-state index < -0.39 is 5.60 Å². The molecule has 0 bridgehead atoms. The minimum absolute atomic E-state index is 0.458. The third-order valence-corrected chi connectivity index (χ3v) is 3.09. The monoisotopic (exact) mass is 209 g/mol. The number of likely N-dealkylation sites (tertiary alicyclic amines) is 1. The van der Waals surface area contributed by atoms with Gasteiger partial charge in [-0.25, -0.2) is 0 Å². The molecule has 4 nitrogen and oxygen atoms in total. The molecule has 0 atom stereocenters. The number of hydrogen-bond acceptors (Lipinski definition) is 3. The van der Waals surface area contributed by atoms with Crippen LogP contribution >= 0.6 is 0 Å². The highest BCUT2D eigenvalue weighted by molar-refractivity contribution is 4.99. The molecule has 1 saturated heterocycles. The molecule has 1 aliphatic rings. The highest BCUT2D eigenvalue weighted by Gasteiger charge is 2.27. The van der Waals surface area contributed by atoms with Crippen LogP contribution in [-0.2, 0) is 13.6 Å². The van der Waals surface area contributed by atoms with Gasteiger partial charge in [0.1, 0.15) is 0 Å². The van der Waals surface area contributed by atoms with E-state index in [2.05, 4.69) is 10.00 Å². The first-order chi connectivity index (χ1) is 7.05. The average molecular weight is 209 g/mol. The molecule has 15 heavy (non-hydrogen) atoms. The predicted molar refractivity (Wildman–Crippen MR) is 58.3 cm³/mol. The van der Waals surface area contributed by atoms with Crippen LogP contribution < -0.4 is 0 Å². The molecular formula is C11H19N3O. The van der Waals surface area contributed by atoms with E-state index in [0.29, 0.717) is 0 Å². The van der Waals surface area contributed by atoms with Gasteiger partial charge in [0.2, 0.25) is 0 Å². The Morgan fingerprint density at radius 1 is 1.47 bits per heavy atom. The van der Waals surface area contributed by atoms with Gasteiger partial charge in [-0.3, -0.25) is 9.58 Å². The summed E-state index contributed by atoms with van der Waals surface area (Å²) in [6, 6.07) is 2.05. The minimum atomic E-state index is -0.458. The molecule has 0 saturated carbocycles. The van der Waals surface area contributed by atoms with E-state index in [1.807, 2.05) is 30.9 Å². The first kappa shape index (κ1) is 10.6. The van der Waals surface area contributed by atoms with Crippen molar-refractivity contribution in [1.29, 1.82) is 0 Å². The molecule has 0 spiro atoms. The average Bonchev–Trinajstić information content (AvgIpc) is 2.55. The summed E-state index contributed by atoms with van der Waals surface area (Å²) in [5, 5.41) is 14.2. The van der Waals surface area contributed by atoms with E-state index in [1.54, 1.807) is 0 Å². The van der Waals surface area contributed by atoms with Crippen molar-refractivity contribution in [2.24, 2.45) is 7.05 Å². The van der Waals surface area contributed by atoms with E-state index in [9.17, 15) is 5.11 Å². The van der Waals surface area contributed by atoms with Crippen LogP contribution in [0.2, 0.25) is 0 Å². The van der Waals surface area contributed by atoms with Crippen molar-refractivity contribution in [3.8, 4) is 0 Å². The Bertz CT molecular complexity index is 322. The molecule has 1 aromatic rings. The fourth-order valence-electron chi connectivity index (χ4n) is 1.97. The maximum absolute atomic E-state index is 9.82. The van der Waals surface area contributed by atoms with Crippen molar-refractivity contribution in [2.75, 3.05) is 13.1 Å². The summed E-state index contributed by atoms with van der Waals surface area (Å²) in [7, 11) is 1.94. The second-order valence-electron chi connectivity index (χ2n) is 4.75. The molecule has 1 aliphatic heterocycles. The standard InChI is InChI=1S/C11H19N3O/c1-11(15)4-7-14(8-5-11)9-10-3-6-13(2)12-10/h3,6,15H,4-5,7-9H2,1-2H3. The van der Waals surface area contributed by atoms with Crippen molar-refractivity contribution in [3.63, 3.8) is 0 Å². The second-order valence-corrected chi connectivity index (χ2v) is 4.75. The summed E-state index contributed by atoms with van der Waals surface area (Å²) in [6.07, 6.45) is 3.69. The Morgan fingerprint density at radius 2 is 2.13 bits per heavy atom. The maximum Gasteiger partial charge on any atom is 0.0764 e. The van der Waals surface area contributed by atoms with Crippen LogP contribution in [0, 0.1) is 0 Å². The van der Waals surface area contributed by atoms with Crippen LogP contribution in [-0.4, -0.2) is 38.5 Å². The van der Waals surface area contributed by atoms with Gasteiger partial charge in [0.15, 0.2) is 0 Å². The lowest BCUT2D eigenvalue weighted by atomic mass is 9.94. The number of aromatic nitrogens is 2. The van der Waals surface area contributed by atoms with Gasteiger partial charge >= 0.3 is 0 Å². The van der Waals surface area contributed by atoms with E-state index >= 15 is 0 Å². The van der Waals surface area contributed by atoms with Gasteiger partial charge in [0.05, 0.1) is 11.3 Å². The van der Waals surface area contributed by atoms with E-state index in [-0.39, 0.29) is 0 Å². The number of aliphatic hydroxyl groups is 1. The third kappa shape index (κ3) is 2.79. The van der Waals surface area contributed by atoms with Gasteiger partial charge in [-0.15, -0.1) is 0 Å². The fourth-order valence-corrected chi connectivity index (χ4v) is 1.97. The number of piperidine rings is 1. The molecule has 0 aliphatic carbocycles. The summed E-state index contributed by atoms with van der Waals surface area (Å²) < 4.78 is 1.83. The Morgan fingerprint density at radius 3 is 2.67 bits per heavy atom. The van der Waals surface area contributed by atoms with Crippen LogP contribution in [0.4, 0.5) is 0 Å². The molecule has 1 fully saturated rings. The summed E-state index contributed by atoms with van der Waals surface area (Å²) in [6.45, 7) is 4.75. The van der Waals surface area contributed by atoms with Crippen LogP contribution in [0.1, 0.15) is 25.5 Å². The molecule has 4 heteroatoms. The van der Waals surface area contributed by atoms with Crippen molar-refractivity contribution in [2.45, 2.75) is 31.9 Å². The molecule has 0 amide bonds. The zero-order valence-electron chi connectivity index (χ0n) is 9.48. The molecule has 0 unspecified atom stereocenters. The molecule has 2 heterocycles. The molecule has 2 rings (SSSR count). The van der Waals surface area contributed by atoms with E-state index in [1.165, 1.54) is 0 Å². The predicted octanol–water partition coefficient (Wildman–Crippen LogP) is 0.767. The van der Waals surface area contributed by atoms with E-state index in [4.69, 9.17) is 0 Å². The molecular weight excluding hydrogens is 190 g/mol. The normalized spacial score (nSPS) is 21.8. The zero-order valence-corrected chi connectivity index (χ0v) is 9.48. The number of nitrogens with zero attached hydrogens (tertiary/aromatic N) is 3. The van der Waals surface area contributed by atoms with Crippen LogP contribution in [0.3, 0.4) is 0 Å². The van der Waals surface area contributed by atoms with Gasteiger partial charge in [-0.1, -0.05) is 0 Å². The second kappa shape index (κ2) is 3.94. The summed E-state index contributed by atoms with van der Waals surface area (Å²) in [5.74, 6) is 0. The SMILES string of the molecule is Cn1ccc(CN2CCC(C)(O)CC2)n1. The molecule has 0 radical (unpaired) electrons. The van der Waals surface area contributed by atoms with Crippen molar-refractivity contribution in [3.05, 3.63) is 18.0 Å². The van der Waals surface area contributed by atoms with Crippen LogP contribution in [0.25, 0.3) is 0 Å². The first-order valence-corrected chi connectivity index (χ1v) is 5.48. The molecule has 0 aromatic carbocycles. The Labute approximate surface area is 90.5 Å². The summed E-state index contributed by atoms with van der Waals surface area (Å²) in [5.41, 5.74) is 0.653. The van der Waals surface area contributed by atoms with Crippen molar-refractivity contribution >= 4 is 0 Å². The van der Waals surface area contributed by atoms with Gasteiger partial charge in [0, 0.05) is 32.9 Å². The Kier molecular flexibility index (Phi) is 2.80. The largest absolute Gasteiger partial charge is 0.390 e. The lowest BCUT2D eigenvalue weighted by Gasteiger charge is -2.35. The van der Waals surface area contributed by atoms with Gasteiger partial charge in [-0.05, 0) is 25.8 Å². The summed E-state index contributed by atoms with van der Waals surface area (Å²) in [4.78, 5) is 2.35. The molecule has 1 aromatic heterocycles. The topological polar surface area (TPSA) is 41.3 Å². The first-order valence-electron chi connectivity index (χ1n) is 5.48. The maximum atomic E-state index is 9.82. The molecule has 1 N–H and O–H groups in total. The summed E-state index contributed by atoms with van der Waals surface area (Å²) >= 11 is 0. The lowest BCUT2D eigenvalue weighted by Crippen LogP contribution is -2.42. The van der Waals surface area contributed by atoms with Crippen molar-refractivity contribution < 1.29 is 5.11 Å². The van der Waals surface area contributed by atoms with E-state index in [0.717, 1.165) is 38.2 Å². The highest BCUT2D eigenvalue weighted by Crippen LogP contribution is 2.21. The quantitative estimate of drug-likeness (QED) is 0.782. The Balaban J connectivity index is 1.87. The fraction of sp³-hybridized carbons (Fsp3) is 0.727. The number of hydrogen-bond donors (Lipinski definition) is 1. The number of aryl methyl sites for hydroxylation is 1. The molecule has 84 valence electrons. The van der Waals surface area contributed by atoms with Gasteiger partial charge in [0.25, 0.3) is 0 Å². The highest BCUT2D eigenvalue weighted by atomic mass is 16.3. The minimum Gasteiger partial charge on any atom is -0.390 e. The zero-order chi connectivity index (χ0) is 10.9. The van der Waals surface area contributed by atoms with Crippen LogP contribution in [0.5, 0.6) is 0 Å². The Hall–Kier alpha value is -0.870. The van der Waals surface area contributed by atoms with Gasteiger partial charge < -0.3 is 5.11 Å². The third-order valence-electron chi connectivity index (χ3n) is 3.09. The van der Waals surface area contributed by atoms with Crippen LogP contribution in [0.15, 0.2) is 12.3 Å². The van der Waals surface area contributed by atoms with Crippen molar-refractivity contribution in [1.82, 2.24) is 14.7 Å². The van der Waals surface area contributed by atoms with Gasteiger partial charge in [-0.2, -0.15) is 5.10 Å². The lowest BCUT2D eigenvalue weighted by molar-refractivity contribution is -0.00760. The smallest absolute Gasteiger partial charge is 0.0764 e. The number of rotatable bonds is 2.